The van der Waals surface area contributed by atoms with Crippen LogP contribution in [0.25, 0.3) is 0 Å². The molecular formula is C18H16ClF3N2O3S. The van der Waals surface area contributed by atoms with E-state index in [1.165, 1.54) is 24.3 Å². The molecule has 0 saturated carbocycles. The molecule has 0 bridgehead atoms. The Morgan fingerprint density at radius 1 is 1.04 bits per heavy atom. The van der Waals surface area contributed by atoms with Crippen LogP contribution in [0.2, 0.25) is 5.02 Å². The van der Waals surface area contributed by atoms with Crippen molar-refractivity contribution in [3.05, 3.63) is 53.1 Å². The lowest BCUT2D eigenvalue weighted by atomic mass is 10.1. The van der Waals surface area contributed by atoms with Gasteiger partial charge in [0, 0.05) is 24.3 Å². The molecule has 1 aliphatic rings. The van der Waals surface area contributed by atoms with Gasteiger partial charge in [-0.2, -0.15) is 13.2 Å². The number of piperidine rings is 1. The summed E-state index contributed by atoms with van der Waals surface area (Å²) in [5, 5.41) is -0.522. The van der Waals surface area contributed by atoms with E-state index in [1.807, 2.05) is 0 Å². The first-order valence-electron chi connectivity index (χ1n) is 8.38. The molecule has 5 nitrogen and oxygen atoms in total. The van der Waals surface area contributed by atoms with Gasteiger partial charge in [-0.1, -0.05) is 11.6 Å². The standard InChI is InChI=1S/C18H16ClF3N2O3S/c19-16-9-4-12(11-15(16)18(20,21)22)23-28(26,27)14-7-5-13(6-8-14)24-10-2-1-3-17(24)25/h4-9,11,23H,1-3,10H2. The summed E-state index contributed by atoms with van der Waals surface area (Å²) in [6, 6.07) is 8.38. The first-order chi connectivity index (χ1) is 13.1. The first kappa shape index (κ1) is 20.5. The third-order valence-electron chi connectivity index (χ3n) is 4.31. The number of carbonyl (C=O) groups is 1. The van der Waals surface area contributed by atoms with E-state index in [4.69, 9.17) is 11.6 Å². The van der Waals surface area contributed by atoms with Gasteiger partial charge in [-0.05, 0) is 55.3 Å². The SMILES string of the molecule is O=C1CCCCN1c1ccc(S(=O)(=O)Nc2ccc(Cl)c(C(F)(F)F)c2)cc1. The number of rotatable bonds is 4. The number of hydrogen-bond acceptors (Lipinski definition) is 3. The minimum absolute atomic E-state index is 0.0270. The number of carbonyl (C=O) groups excluding carboxylic acids is 1. The average molecular weight is 433 g/mol. The fourth-order valence-electron chi connectivity index (χ4n) is 2.90. The summed E-state index contributed by atoms with van der Waals surface area (Å²) in [4.78, 5) is 13.4. The summed E-state index contributed by atoms with van der Waals surface area (Å²) in [5.74, 6) is -0.0270. The summed E-state index contributed by atoms with van der Waals surface area (Å²) >= 11 is 5.54. The Kier molecular flexibility index (Phi) is 5.58. The molecule has 2 aromatic rings. The van der Waals surface area contributed by atoms with Crippen LogP contribution in [-0.2, 0) is 21.0 Å². The van der Waals surface area contributed by atoms with Gasteiger partial charge in [0.05, 0.1) is 15.5 Å². The summed E-state index contributed by atoms with van der Waals surface area (Å²) in [7, 11) is -4.11. The molecule has 2 aromatic carbocycles. The van der Waals surface area contributed by atoms with Crippen LogP contribution >= 0.6 is 11.6 Å². The van der Waals surface area contributed by atoms with Crippen LogP contribution in [0.1, 0.15) is 24.8 Å². The number of nitrogens with one attached hydrogen (secondary N) is 1. The van der Waals surface area contributed by atoms with Gasteiger partial charge < -0.3 is 4.90 Å². The van der Waals surface area contributed by atoms with Gasteiger partial charge in [0.2, 0.25) is 5.91 Å². The van der Waals surface area contributed by atoms with Gasteiger partial charge in [0.1, 0.15) is 0 Å². The number of alkyl halides is 3. The van der Waals surface area contributed by atoms with E-state index in [9.17, 15) is 26.4 Å². The molecular weight excluding hydrogens is 417 g/mol. The minimum Gasteiger partial charge on any atom is -0.312 e. The molecule has 0 atom stereocenters. The zero-order valence-corrected chi connectivity index (χ0v) is 16.0. The highest BCUT2D eigenvalue weighted by molar-refractivity contribution is 7.92. The molecule has 1 saturated heterocycles. The van der Waals surface area contributed by atoms with Crippen molar-refractivity contribution in [3.63, 3.8) is 0 Å². The largest absolute Gasteiger partial charge is 0.417 e. The van der Waals surface area contributed by atoms with Crippen molar-refractivity contribution in [2.24, 2.45) is 0 Å². The van der Waals surface area contributed by atoms with Crippen LogP contribution in [0.5, 0.6) is 0 Å². The van der Waals surface area contributed by atoms with E-state index in [1.54, 1.807) is 4.90 Å². The van der Waals surface area contributed by atoms with E-state index in [0.717, 1.165) is 25.0 Å². The molecule has 0 aliphatic carbocycles. The molecule has 0 radical (unpaired) electrons. The van der Waals surface area contributed by atoms with Crippen molar-refractivity contribution in [1.29, 1.82) is 0 Å². The molecule has 1 N–H and O–H groups in total. The lowest BCUT2D eigenvalue weighted by molar-refractivity contribution is -0.137. The van der Waals surface area contributed by atoms with Gasteiger partial charge in [0.15, 0.2) is 0 Å². The Morgan fingerprint density at radius 2 is 1.71 bits per heavy atom. The number of hydrogen-bond donors (Lipinski definition) is 1. The Hall–Kier alpha value is -2.26. The van der Waals surface area contributed by atoms with E-state index < -0.39 is 26.8 Å². The van der Waals surface area contributed by atoms with Crippen LogP contribution in [0.15, 0.2) is 47.4 Å². The van der Waals surface area contributed by atoms with Crippen LogP contribution in [0, 0.1) is 0 Å². The fourth-order valence-corrected chi connectivity index (χ4v) is 4.18. The van der Waals surface area contributed by atoms with Crippen LogP contribution in [0.4, 0.5) is 24.5 Å². The zero-order chi connectivity index (χ0) is 20.5. The highest BCUT2D eigenvalue weighted by Gasteiger charge is 2.33. The topological polar surface area (TPSA) is 66.5 Å². The minimum atomic E-state index is -4.71. The van der Waals surface area contributed by atoms with Crippen molar-refractivity contribution in [2.75, 3.05) is 16.2 Å². The third kappa shape index (κ3) is 4.41. The second-order valence-electron chi connectivity index (χ2n) is 6.29. The molecule has 1 heterocycles. The zero-order valence-electron chi connectivity index (χ0n) is 14.5. The highest BCUT2D eigenvalue weighted by Crippen LogP contribution is 2.36. The number of amides is 1. The monoisotopic (exact) mass is 432 g/mol. The molecule has 1 amide bonds. The molecule has 150 valence electrons. The van der Waals surface area contributed by atoms with Crippen molar-refractivity contribution in [3.8, 4) is 0 Å². The maximum atomic E-state index is 12.9. The molecule has 0 unspecified atom stereocenters. The molecule has 10 heteroatoms. The quantitative estimate of drug-likeness (QED) is 0.763. The van der Waals surface area contributed by atoms with Gasteiger partial charge >= 0.3 is 6.18 Å². The maximum Gasteiger partial charge on any atom is 0.417 e. The second kappa shape index (κ2) is 7.63. The van der Waals surface area contributed by atoms with Gasteiger partial charge in [-0.3, -0.25) is 9.52 Å². The third-order valence-corrected chi connectivity index (χ3v) is 6.03. The van der Waals surface area contributed by atoms with E-state index >= 15 is 0 Å². The summed E-state index contributed by atoms with van der Waals surface area (Å²) in [5.41, 5.74) is -0.810. The fraction of sp³-hybridized carbons (Fsp3) is 0.278. The van der Waals surface area contributed by atoms with Crippen molar-refractivity contribution in [2.45, 2.75) is 30.3 Å². The van der Waals surface area contributed by atoms with Crippen molar-refractivity contribution in [1.82, 2.24) is 0 Å². The van der Waals surface area contributed by atoms with Crippen LogP contribution in [-0.4, -0.2) is 20.9 Å². The second-order valence-corrected chi connectivity index (χ2v) is 8.38. The molecule has 1 aliphatic heterocycles. The molecule has 0 aromatic heterocycles. The number of anilines is 2. The first-order valence-corrected chi connectivity index (χ1v) is 10.2. The number of benzene rings is 2. The normalized spacial score (nSPS) is 15.6. The summed E-state index contributed by atoms with van der Waals surface area (Å²) < 4.78 is 65.9. The van der Waals surface area contributed by atoms with E-state index in [-0.39, 0.29) is 16.5 Å². The average Bonchev–Trinajstić information content (AvgIpc) is 2.63. The molecule has 3 rings (SSSR count). The molecule has 0 spiro atoms. The predicted molar refractivity (Wildman–Crippen MR) is 99.9 cm³/mol. The molecule has 28 heavy (non-hydrogen) atoms. The Balaban J connectivity index is 1.83. The van der Waals surface area contributed by atoms with Gasteiger partial charge in [-0.25, -0.2) is 8.42 Å². The number of sulfonamides is 1. The van der Waals surface area contributed by atoms with Crippen LogP contribution in [0.3, 0.4) is 0 Å². The van der Waals surface area contributed by atoms with Gasteiger partial charge in [-0.15, -0.1) is 0 Å². The lowest BCUT2D eigenvalue weighted by Gasteiger charge is -2.26. The lowest BCUT2D eigenvalue weighted by Crippen LogP contribution is -2.35. The summed E-state index contributed by atoms with van der Waals surface area (Å²) in [6.45, 7) is 0.564. The number of halogens is 4. The Morgan fingerprint density at radius 3 is 2.32 bits per heavy atom. The Bertz CT molecular complexity index is 992. The smallest absolute Gasteiger partial charge is 0.312 e. The van der Waals surface area contributed by atoms with Crippen molar-refractivity contribution >= 4 is 38.9 Å². The number of nitrogens with zero attached hydrogens (tertiary/aromatic N) is 1. The van der Waals surface area contributed by atoms with Gasteiger partial charge in [0.25, 0.3) is 10.0 Å². The molecule has 1 fully saturated rings. The van der Waals surface area contributed by atoms with Crippen LogP contribution < -0.4 is 9.62 Å². The van der Waals surface area contributed by atoms with E-state index in [2.05, 4.69) is 4.72 Å². The summed E-state index contributed by atoms with van der Waals surface area (Å²) in [6.07, 6.45) is -2.57. The Labute approximate surface area is 165 Å². The highest BCUT2D eigenvalue weighted by atomic mass is 35.5. The predicted octanol–water partition coefficient (Wildman–Crippen LogP) is 4.68. The van der Waals surface area contributed by atoms with E-state index in [0.29, 0.717) is 24.7 Å². The van der Waals surface area contributed by atoms with Crippen molar-refractivity contribution < 1.29 is 26.4 Å². The maximum absolute atomic E-state index is 12.9.